The summed E-state index contributed by atoms with van der Waals surface area (Å²) in [4.78, 5) is 24.2. The van der Waals surface area contributed by atoms with Crippen molar-refractivity contribution in [3.63, 3.8) is 0 Å². The highest BCUT2D eigenvalue weighted by Gasteiger charge is 2.15. The molecule has 1 N–H and O–H groups in total. The van der Waals surface area contributed by atoms with Crippen molar-refractivity contribution in [3.8, 4) is 0 Å². The number of carbonyl (C=O) groups is 2. The van der Waals surface area contributed by atoms with Gasteiger partial charge in [0.25, 0.3) is 11.7 Å². The molecule has 0 saturated heterocycles. The molecule has 2 aromatic carbocycles. The number of halogens is 2. The number of hydrogen-bond acceptors (Lipinski definition) is 6. The molecule has 150 valence electrons. The van der Waals surface area contributed by atoms with Crippen molar-refractivity contribution < 1.29 is 31.5 Å². The summed E-state index contributed by atoms with van der Waals surface area (Å²) < 4.78 is 52.7. The predicted octanol–water partition coefficient (Wildman–Crippen LogP) is 3.34. The Morgan fingerprint density at radius 1 is 1.14 bits per heavy atom. The summed E-state index contributed by atoms with van der Waals surface area (Å²) in [5.41, 5.74) is 0.700. The smallest absolute Gasteiger partial charge is 0.338 e. The summed E-state index contributed by atoms with van der Waals surface area (Å²) in [7, 11) is -3.26. The summed E-state index contributed by atoms with van der Waals surface area (Å²) in [6.45, 7) is -0.622. The van der Waals surface area contributed by atoms with Gasteiger partial charge in [0, 0.05) is 11.2 Å². The quantitative estimate of drug-likeness (QED) is 0.511. The Morgan fingerprint density at radius 3 is 2.54 bits per heavy atom. The fourth-order valence-corrected chi connectivity index (χ4v) is 3.64. The number of nitrogens with one attached hydrogen (secondary N) is 1. The fraction of sp³-hybridized carbons (Fsp3) is 0.222. The lowest BCUT2D eigenvalue weighted by Gasteiger charge is -2.11. The lowest BCUT2D eigenvalue weighted by atomic mass is 10.1. The van der Waals surface area contributed by atoms with Crippen molar-refractivity contribution in [1.82, 2.24) is 0 Å². The second-order valence-electron chi connectivity index (χ2n) is 5.77. The van der Waals surface area contributed by atoms with Gasteiger partial charge in [-0.05, 0) is 29.8 Å². The number of benzene rings is 2. The molecule has 6 nitrogen and oxygen atoms in total. The molecule has 2 rings (SSSR count). The maximum absolute atomic E-state index is 12.6. The second-order valence-corrected chi connectivity index (χ2v) is 8.94. The maximum atomic E-state index is 12.6. The molecule has 0 spiro atoms. The monoisotopic (exact) mass is 429 g/mol. The summed E-state index contributed by atoms with van der Waals surface area (Å²) >= 11 is 0.289. The van der Waals surface area contributed by atoms with Crippen LogP contribution in [0.4, 0.5) is 14.5 Å². The van der Waals surface area contributed by atoms with Crippen LogP contribution in [0.1, 0.15) is 15.9 Å². The van der Waals surface area contributed by atoms with E-state index in [9.17, 15) is 26.8 Å². The minimum atomic E-state index is -3.26. The van der Waals surface area contributed by atoms with Crippen LogP contribution >= 0.6 is 11.8 Å². The number of alkyl halides is 2. The molecule has 0 radical (unpaired) electrons. The van der Waals surface area contributed by atoms with Gasteiger partial charge in [-0.1, -0.05) is 36.0 Å². The van der Waals surface area contributed by atoms with E-state index in [2.05, 4.69) is 5.32 Å². The van der Waals surface area contributed by atoms with Crippen LogP contribution in [-0.2, 0) is 25.1 Å². The molecular formula is C18H17F2NO5S2. The van der Waals surface area contributed by atoms with E-state index in [1.807, 2.05) is 0 Å². The van der Waals surface area contributed by atoms with Gasteiger partial charge in [0.15, 0.2) is 16.4 Å². The molecule has 0 bridgehead atoms. The minimum absolute atomic E-state index is 0.0996. The average molecular weight is 429 g/mol. The molecular weight excluding hydrogens is 412 g/mol. The van der Waals surface area contributed by atoms with Gasteiger partial charge in [-0.15, -0.1) is 0 Å². The van der Waals surface area contributed by atoms with Crippen molar-refractivity contribution in [2.75, 3.05) is 18.2 Å². The Bertz CT molecular complexity index is 964. The molecule has 0 aliphatic rings. The van der Waals surface area contributed by atoms with Crippen LogP contribution in [0.3, 0.4) is 0 Å². The van der Waals surface area contributed by atoms with E-state index in [0.717, 1.165) is 6.26 Å². The van der Waals surface area contributed by atoms with Crippen molar-refractivity contribution in [2.24, 2.45) is 0 Å². The zero-order valence-corrected chi connectivity index (χ0v) is 16.4. The van der Waals surface area contributed by atoms with Crippen LogP contribution in [0, 0.1) is 0 Å². The highest BCUT2D eigenvalue weighted by Crippen LogP contribution is 2.31. The Labute approximate surface area is 165 Å². The summed E-state index contributed by atoms with van der Waals surface area (Å²) in [5, 5.41) is 2.42. The van der Waals surface area contributed by atoms with Crippen LogP contribution in [0.25, 0.3) is 0 Å². The summed E-state index contributed by atoms with van der Waals surface area (Å²) in [5.74, 6) is -4.37. The number of para-hydroxylation sites is 1. The Hall–Kier alpha value is -2.46. The topological polar surface area (TPSA) is 89.5 Å². The number of hydrogen-bond donors (Lipinski definition) is 1. The molecule has 2 aromatic rings. The molecule has 0 aliphatic heterocycles. The first-order valence-corrected chi connectivity index (χ1v) is 10.9. The van der Waals surface area contributed by atoms with Gasteiger partial charge in [-0.25, -0.2) is 13.2 Å². The van der Waals surface area contributed by atoms with Gasteiger partial charge in [-0.2, -0.15) is 8.78 Å². The summed E-state index contributed by atoms with van der Waals surface area (Å²) in [6, 6.07) is 11.9. The molecule has 1 amide bonds. The van der Waals surface area contributed by atoms with Gasteiger partial charge in [0.05, 0.1) is 17.0 Å². The Morgan fingerprint density at radius 2 is 1.86 bits per heavy atom. The maximum Gasteiger partial charge on any atom is 0.338 e. The number of ether oxygens (including phenoxy) is 1. The molecule has 0 heterocycles. The zero-order chi connectivity index (χ0) is 20.7. The third-order valence-corrected chi connectivity index (χ3v) is 4.95. The zero-order valence-electron chi connectivity index (χ0n) is 14.7. The highest BCUT2D eigenvalue weighted by molar-refractivity contribution is 7.99. The number of thioether (sulfide) groups is 1. The van der Waals surface area contributed by atoms with Crippen molar-refractivity contribution in [2.45, 2.75) is 16.4 Å². The minimum Gasteiger partial charge on any atom is -0.452 e. The standard InChI is InChI=1S/C18H17F2NO5S2/c1-28(24,25)11-12-5-4-6-13(9-12)17(23)26-10-16(22)21-14-7-2-3-8-15(14)27-18(19)20/h2-9,18H,10-11H2,1H3,(H,21,22). The molecule has 0 aromatic heterocycles. The highest BCUT2D eigenvalue weighted by atomic mass is 32.2. The van der Waals surface area contributed by atoms with E-state index in [1.165, 1.54) is 30.3 Å². The van der Waals surface area contributed by atoms with E-state index >= 15 is 0 Å². The van der Waals surface area contributed by atoms with Gasteiger partial charge >= 0.3 is 5.97 Å². The summed E-state index contributed by atoms with van der Waals surface area (Å²) in [6.07, 6.45) is 1.08. The molecule has 28 heavy (non-hydrogen) atoms. The normalized spacial score (nSPS) is 11.3. The van der Waals surface area contributed by atoms with Crippen LogP contribution < -0.4 is 5.32 Å². The van der Waals surface area contributed by atoms with Crippen molar-refractivity contribution in [3.05, 3.63) is 59.7 Å². The Kier molecular flexibility index (Phi) is 7.53. The van der Waals surface area contributed by atoms with Crippen LogP contribution in [-0.4, -0.2) is 38.9 Å². The van der Waals surface area contributed by atoms with Gasteiger partial charge in [0.1, 0.15) is 0 Å². The van der Waals surface area contributed by atoms with Crippen LogP contribution in [0.15, 0.2) is 53.4 Å². The molecule has 0 atom stereocenters. The van der Waals surface area contributed by atoms with E-state index in [1.54, 1.807) is 18.2 Å². The van der Waals surface area contributed by atoms with Crippen molar-refractivity contribution >= 4 is 39.2 Å². The number of anilines is 1. The molecule has 0 fully saturated rings. The van der Waals surface area contributed by atoms with E-state index < -0.39 is 34.1 Å². The van der Waals surface area contributed by atoms with E-state index in [0.29, 0.717) is 5.56 Å². The first-order chi connectivity index (χ1) is 13.1. The number of sulfone groups is 1. The fourth-order valence-electron chi connectivity index (χ4n) is 2.26. The second kappa shape index (κ2) is 9.65. The van der Waals surface area contributed by atoms with Crippen LogP contribution in [0.2, 0.25) is 0 Å². The van der Waals surface area contributed by atoms with Crippen LogP contribution in [0.5, 0.6) is 0 Å². The number of carbonyl (C=O) groups excluding carboxylic acids is 2. The SMILES string of the molecule is CS(=O)(=O)Cc1cccc(C(=O)OCC(=O)Nc2ccccc2SC(F)F)c1. The molecule has 10 heteroatoms. The largest absolute Gasteiger partial charge is 0.452 e. The molecule has 0 saturated carbocycles. The molecule has 0 unspecified atom stereocenters. The number of esters is 1. The predicted molar refractivity (Wildman–Crippen MR) is 102 cm³/mol. The first kappa shape index (κ1) is 21.8. The van der Waals surface area contributed by atoms with Gasteiger partial charge < -0.3 is 10.1 Å². The lowest BCUT2D eigenvalue weighted by Crippen LogP contribution is -2.21. The first-order valence-electron chi connectivity index (χ1n) is 7.91. The van der Waals surface area contributed by atoms with E-state index in [-0.39, 0.29) is 33.7 Å². The average Bonchev–Trinajstić information content (AvgIpc) is 2.59. The van der Waals surface area contributed by atoms with Crippen molar-refractivity contribution in [1.29, 1.82) is 0 Å². The van der Waals surface area contributed by atoms with Gasteiger partial charge in [-0.3, -0.25) is 4.79 Å². The molecule has 0 aliphatic carbocycles. The van der Waals surface area contributed by atoms with E-state index in [4.69, 9.17) is 4.74 Å². The number of rotatable bonds is 8. The Balaban J connectivity index is 1.96. The number of amides is 1. The van der Waals surface area contributed by atoms with Gasteiger partial charge in [0.2, 0.25) is 0 Å². The third-order valence-electron chi connectivity index (χ3n) is 3.30. The lowest BCUT2D eigenvalue weighted by molar-refractivity contribution is -0.119. The third kappa shape index (κ3) is 7.28.